The molecule has 0 spiro atoms. The van der Waals surface area contributed by atoms with Crippen LogP contribution >= 0.6 is 11.8 Å². The molecule has 0 heterocycles. The van der Waals surface area contributed by atoms with Crippen LogP contribution < -0.4 is 4.74 Å². The van der Waals surface area contributed by atoms with Crippen molar-refractivity contribution in [3.8, 4) is 5.75 Å². The van der Waals surface area contributed by atoms with E-state index < -0.39 is 0 Å². The molecule has 2 aromatic carbocycles. The molecule has 94 valence electrons. The summed E-state index contributed by atoms with van der Waals surface area (Å²) >= 11 is 1.80. The van der Waals surface area contributed by atoms with E-state index in [0.29, 0.717) is 0 Å². The normalized spacial score (nSPS) is 10.3. The molecule has 0 aliphatic rings. The van der Waals surface area contributed by atoms with Crippen molar-refractivity contribution in [2.24, 2.45) is 0 Å². The molecule has 2 heteroatoms. The van der Waals surface area contributed by atoms with Crippen molar-refractivity contribution in [1.82, 2.24) is 0 Å². The van der Waals surface area contributed by atoms with Crippen molar-refractivity contribution in [1.29, 1.82) is 0 Å². The van der Waals surface area contributed by atoms with E-state index >= 15 is 0 Å². The highest BCUT2D eigenvalue weighted by Gasteiger charge is 1.97. The van der Waals surface area contributed by atoms with Gasteiger partial charge in [-0.3, -0.25) is 0 Å². The molecule has 0 radical (unpaired) electrons. The SMILES string of the molecule is CSCCOc1ccc(Cc2ccccc2)cc1. The van der Waals surface area contributed by atoms with Crippen LogP contribution in [0.4, 0.5) is 0 Å². The van der Waals surface area contributed by atoms with E-state index in [9.17, 15) is 0 Å². The maximum absolute atomic E-state index is 5.63. The van der Waals surface area contributed by atoms with Crippen molar-refractivity contribution >= 4 is 11.8 Å². The quantitative estimate of drug-likeness (QED) is 0.724. The standard InChI is InChI=1S/C16H18OS/c1-18-12-11-17-16-9-7-15(8-10-16)13-14-5-3-2-4-6-14/h2-10H,11-13H2,1H3. The molecule has 0 amide bonds. The Balaban J connectivity index is 1.91. The number of hydrogen-bond acceptors (Lipinski definition) is 2. The summed E-state index contributed by atoms with van der Waals surface area (Å²) in [6.45, 7) is 0.777. The molecular weight excluding hydrogens is 240 g/mol. The largest absolute Gasteiger partial charge is 0.493 e. The number of hydrogen-bond donors (Lipinski definition) is 0. The van der Waals surface area contributed by atoms with Crippen LogP contribution in [0.25, 0.3) is 0 Å². The molecule has 0 N–H and O–H groups in total. The Labute approximate surface area is 113 Å². The van der Waals surface area contributed by atoms with Gasteiger partial charge in [-0.25, -0.2) is 0 Å². The van der Waals surface area contributed by atoms with Crippen molar-refractivity contribution in [3.05, 3.63) is 65.7 Å². The van der Waals surface area contributed by atoms with Crippen LogP contribution in [-0.4, -0.2) is 18.6 Å². The Bertz CT molecular complexity index is 450. The zero-order valence-electron chi connectivity index (χ0n) is 10.6. The van der Waals surface area contributed by atoms with Crippen molar-refractivity contribution in [2.45, 2.75) is 6.42 Å². The van der Waals surface area contributed by atoms with Gasteiger partial charge in [0.25, 0.3) is 0 Å². The summed E-state index contributed by atoms with van der Waals surface area (Å²) in [4.78, 5) is 0. The van der Waals surface area contributed by atoms with Gasteiger partial charge in [0.05, 0.1) is 6.61 Å². The zero-order valence-corrected chi connectivity index (χ0v) is 11.5. The smallest absolute Gasteiger partial charge is 0.119 e. The van der Waals surface area contributed by atoms with Gasteiger partial charge >= 0.3 is 0 Å². The molecule has 0 saturated carbocycles. The van der Waals surface area contributed by atoms with Crippen LogP contribution in [0.5, 0.6) is 5.75 Å². The highest BCUT2D eigenvalue weighted by atomic mass is 32.2. The average Bonchev–Trinajstić information content (AvgIpc) is 2.42. The van der Waals surface area contributed by atoms with Crippen LogP contribution in [0.3, 0.4) is 0 Å². The Morgan fingerprint density at radius 3 is 2.22 bits per heavy atom. The minimum Gasteiger partial charge on any atom is -0.493 e. The van der Waals surface area contributed by atoms with E-state index in [1.54, 1.807) is 11.8 Å². The third kappa shape index (κ3) is 4.11. The lowest BCUT2D eigenvalue weighted by atomic mass is 10.1. The van der Waals surface area contributed by atoms with Crippen molar-refractivity contribution in [2.75, 3.05) is 18.6 Å². The second-order valence-corrected chi connectivity index (χ2v) is 5.13. The second-order valence-electron chi connectivity index (χ2n) is 4.15. The van der Waals surface area contributed by atoms with E-state index in [1.807, 2.05) is 6.07 Å². The fraction of sp³-hybridized carbons (Fsp3) is 0.250. The molecule has 0 fully saturated rings. The number of rotatable bonds is 6. The van der Waals surface area contributed by atoms with Gasteiger partial charge in [-0.05, 0) is 35.9 Å². The van der Waals surface area contributed by atoms with Gasteiger partial charge in [-0.15, -0.1) is 0 Å². The van der Waals surface area contributed by atoms with E-state index in [4.69, 9.17) is 4.74 Å². The Morgan fingerprint density at radius 2 is 1.56 bits per heavy atom. The maximum atomic E-state index is 5.63. The fourth-order valence-corrected chi connectivity index (χ4v) is 2.03. The topological polar surface area (TPSA) is 9.23 Å². The Hall–Kier alpha value is -1.41. The lowest BCUT2D eigenvalue weighted by Crippen LogP contribution is -1.99. The van der Waals surface area contributed by atoms with Gasteiger partial charge in [-0.2, -0.15) is 11.8 Å². The third-order valence-electron chi connectivity index (χ3n) is 2.73. The minimum atomic E-state index is 0.777. The highest BCUT2D eigenvalue weighted by molar-refractivity contribution is 7.98. The first kappa shape index (κ1) is 13.0. The first-order valence-electron chi connectivity index (χ1n) is 6.13. The van der Waals surface area contributed by atoms with E-state index in [1.165, 1.54) is 11.1 Å². The molecule has 0 aromatic heterocycles. The Kier molecular flexibility index (Phi) is 5.15. The first-order valence-corrected chi connectivity index (χ1v) is 7.52. The molecule has 0 bridgehead atoms. The van der Waals surface area contributed by atoms with Crippen molar-refractivity contribution in [3.63, 3.8) is 0 Å². The lowest BCUT2D eigenvalue weighted by molar-refractivity contribution is 0.344. The van der Waals surface area contributed by atoms with E-state index in [2.05, 4.69) is 54.8 Å². The average molecular weight is 258 g/mol. The summed E-state index contributed by atoms with van der Waals surface area (Å²) < 4.78 is 5.63. The molecule has 1 nitrogen and oxygen atoms in total. The maximum Gasteiger partial charge on any atom is 0.119 e. The summed E-state index contributed by atoms with van der Waals surface area (Å²) in [6, 6.07) is 18.9. The van der Waals surface area contributed by atoms with Crippen molar-refractivity contribution < 1.29 is 4.74 Å². The van der Waals surface area contributed by atoms with E-state index in [-0.39, 0.29) is 0 Å². The highest BCUT2D eigenvalue weighted by Crippen LogP contribution is 2.15. The monoisotopic (exact) mass is 258 g/mol. The molecular formula is C16H18OS. The lowest BCUT2D eigenvalue weighted by Gasteiger charge is -2.06. The summed E-state index contributed by atoms with van der Waals surface area (Å²) in [5.74, 6) is 1.99. The molecule has 0 unspecified atom stereocenters. The summed E-state index contributed by atoms with van der Waals surface area (Å²) in [5, 5.41) is 0. The molecule has 18 heavy (non-hydrogen) atoms. The summed E-state index contributed by atoms with van der Waals surface area (Å²) in [6.07, 6.45) is 3.07. The predicted molar refractivity (Wildman–Crippen MR) is 79.6 cm³/mol. The molecule has 0 aliphatic carbocycles. The minimum absolute atomic E-state index is 0.777. The fourth-order valence-electron chi connectivity index (χ4n) is 1.78. The number of thioether (sulfide) groups is 1. The number of ether oxygens (including phenoxy) is 1. The zero-order chi connectivity index (χ0) is 12.6. The van der Waals surface area contributed by atoms with Gasteiger partial charge in [-0.1, -0.05) is 42.5 Å². The van der Waals surface area contributed by atoms with Gasteiger partial charge < -0.3 is 4.74 Å². The van der Waals surface area contributed by atoms with Crippen LogP contribution in [0.2, 0.25) is 0 Å². The van der Waals surface area contributed by atoms with Gasteiger partial charge in [0.2, 0.25) is 0 Å². The first-order chi connectivity index (χ1) is 8.88. The Morgan fingerprint density at radius 1 is 0.889 bits per heavy atom. The van der Waals surface area contributed by atoms with Crippen LogP contribution in [0.15, 0.2) is 54.6 Å². The summed E-state index contributed by atoms with van der Waals surface area (Å²) in [5.41, 5.74) is 2.66. The molecule has 0 aliphatic heterocycles. The third-order valence-corrected chi connectivity index (χ3v) is 3.31. The molecule has 0 atom stereocenters. The molecule has 2 aromatic rings. The van der Waals surface area contributed by atoms with Gasteiger partial charge in [0.15, 0.2) is 0 Å². The van der Waals surface area contributed by atoms with E-state index in [0.717, 1.165) is 24.5 Å². The van der Waals surface area contributed by atoms with Gasteiger partial charge in [0, 0.05) is 5.75 Å². The molecule has 2 rings (SSSR count). The van der Waals surface area contributed by atoms with Crippen LogP contribution in [0, 0.1) is 0 Å². The molecule has 0 saturated heterocycles. The second kappa shape index (κ2) is 7.12. The predicted octanol–water partition coefficient (Wildman–Crippen LogP) is 4.02. The summed E-state index contributed by atoms with van der Waals surface area (Å²) in [7, 11) is 0. The van der Waals surface area contributed by atoms with Crippen LogP contribution in [0.1, 0.15) is 11.1 Å². The number of benzene rings is 2. The van der Waals surface area contributed by atoms with Gasteiger partial charge in [0.1, 0.15) is 5.75 Å². The van der Waals surface area contributed by atoms with Crippen LogP contribution in [-0.2, 0) is 6.42 Å².